The van der Waals surface area contributed by atoms with Crippen molar-refractivity contribution in [3.63, 3.8) is 0 Å². The number of anilines is 1. The summed E-state index contributed by atoms with van der Waals surface area (Å²) in [5.41, 5.74) is 1.19. The van der Waals surface area contributed by atoms with Crippen molar-refractivity contribution in [2.45, 2.75) is 38.1 Å². The molecule has 0 N–H and O–H groups in total. The highest BCUT2D eigenvalue weighted by Gasteiger charge is 2.29. The van der Waals surface area contributed by atoms with Gasteiger partial charge < -0.3 is 4.90 Å². The Morgan fingerprint density at radius 1 is 1.05 bits per heavy atom. The highest BCUT2D eigenvalue weighted by molar-refractivity contribution is 6.30. The Kier molecular flexibility index (Phi) is 4.81. The van der Waals surface area contributed by atoms with Crippen molar-refractivity contribution in [2.24, 2.45) is 0 Å². The molecule has 1 aliphatic heterocycles. The van der Waals surface area contributed by atoms with Crippen molar-refractivity contribution in [3.05, 3.63) is 29.3 Å². The van der Waals surface area contributed by atoms with Gasteiger partial charge in [-0.05, 0) is 31.0 Å². The Labute approximate surface area is 131 Å². The molecule has 1 aliphatic carbocycles. The zero-order valence-corrected chi connectivity index (χ0v) is 13.2. The number of carbonyl (C=O) groups is 1. The lowest BCUT2D eigenvalue weighted by molar-refractivity contribution is -0.124. The summed E-state index contributed by atoms with van der Waals surface area (Å²) >= 11 is 6.07. The number of ketones is 1. The number of nitrogens with zero attached hydrogens (tertiary/aromatic N) is 2. The van der Waals surface area contributed by atoms with Crippen LogP contribution in [0.25, 0.3) is 0 Å². The molecule has 1 saturated carbocycles. The third kappa shape index (κ3) is 3.58. The van der Waals surface area contributed by atoms with E-state index in [-0.39, 0.29) is 6.04 Å². The fraction of sp³-hybridized carbons (Fsp3) is 0.588. The van der Waals surface area contributed by atoms with Crippen LogP contribution in [0.3, 0.4) is 0 Å². The third-order valence-corrected chi connectivity index (χ3v) is 4.94. The molecule has 2 aliphatic rings. The van der Waals surface area contributed by atoms with Crippen molar-refractivity contribution in [1.82, 2.24) is 4.90 Å². The minimum atomic E-state index is 0.175. The second-order valence-corrected chi connectivity index (χ2v) is 6.52. The maximum atomic E-state index is 12.2. The Morgan fingerprint density at radius 2 is 1.86 bits per heavy atom. The Morgan fingerprint density at radius 3 is 2.62 bits per heavy atom. The molecule has 4 heteroatoms. The molecular weight excluding hydrogens is 284 g/mol. The van der Waals surface area contributed by atoms with Gasteiger partial charge in [0.1, 0.15) is 5.78 Å². The van der Waals surface area contributed by atoms with Gasteiger partial charge in [0.2, 0.25) is 0 Å². The first-order chi connectivity index (χ1) is 10.2. The summed E-state index contributed by atoms with van der Waals surface area (Å²) < 4.78 is 0. The molecule has 1 atom stereocenters. The van der Waals surface area contributed by atoms with Crippen LogP contribution in [0.1, 0.15) is 32.1 Å². The quantitative estimate of drug-likeness (QED) is 0.783. The van der Waals surface area contributed by atoms with Gasteiger partial charge in [-0.3, -0.25) is 9.69 Å². The van der Waals surface area contributed by atoms with Crippen LogP contribution in [0.2, 0.25) is 5.02 Å². The lowest BCUT2D eigenvalue weighted by Gasteiger charge is -2.39. The molecule has 21 heavy (non-hydrogen) atoms. The lowest BCUT2D eigenvalue weighted by atomic mass is 10.0. The lowest BCUT2D eigenvalue weighted by Crippen LogP contribution is -2.52. The first-order valence-electron chi connectivity index (χ1n) is 8.01. The van der Waals surface area contributed by atoms with E-state index in [1.165, 1.54) is 18.5 Å². The average Bonchev–Trinajstić information content (AvgIpc) is 2.72. The van der Waals surface area contributed by atoms with Crippen molar-refractivity contribution in [2.75, 3.05) is 31.1 Å². The maximum Gasteiger partial charge on any atom is 0.149 e. The predicted molar refractivity (Wildman–Crippen MR) is 87.1 cm³/mol. The van der Waals surface area contributed by atoms with Gasteiger partial charge in [0, 0.05) is 43.3 Å². The SMILES string of the molecule is O=C1CCCCCC1N1CCN(c2cccc(Cl)c2)CC1. The number of piperazine rings is 1. The van der Waals surface area contributed by atoms with Crippen molar-refractivity contribution < 1.29 is 4.79 Å². The third-order valence-electron chi connectivity index (χ3n) is 4.70. The van der Waals surface area contributed by atoms with Gasteiger partial charge in [0.25, 0.3) is 0 Å². The number of Topliss-reactive ketones (excluding diaryl/α,β-unsaturated/α-hetero) is 1. The summed E-state index contributed by atoms with van der Waals surface area (Å²) in [6.45, 7) is 3.90. The molecule has 1 aromatic carbocycles. The Balaban J connectivity index is 1.60. The molecule has 0 aromatic heterocycles. The Bertz CT molecular complexity index is 497. The van der Waals surface area contributed by atoms with Crippen molar-refractivity contribution >= 4 is 23.1 Å². The van der Waals surface area contributed by atoms with Gasteiger partial charge in [0.05, 0.1) is 6.04 Å². The van der Waals surface area contributed by atoms with Crippen LogP contribution in [-0.2, 0) is 4.79 Å². The molecule has 0 radical (unpaired) electrons. The van der Waals surface area contributed by atoms with E-state index in [2.05, 4.69) is 15.9 Å². The molecule has 3 rings (SSSR count). The minimum Gasteiger partial charge on any atom is -0.369 e. The van der Waals surface area contributed by atoms with Gasteiger partial charge in [-0.2, -0.15) is 0 Å². The number of benzene rings is 1. The zero-order valence-electron chi connectivity index (χ0n) is 12.4. The first kappa shape index (κ1) is 14.9. The van der Waals surface area contributed by atoms with Crippen LogP contribution < -0.4 is 4.90 Å². The van der Waals surface area contributed by atoms with Crippen molar-refractivity contribution in [3.8, 4) is 0 Å². The molecule has 1 saturated heterocycles. The molecule has 2 fully saturated rings. The summed E-state index contributed by atoms with van der Waals surface area (Å²) in [6, 6.07) is 8.21. The van der Waals surface area contributed by atoms with Crippen LogP contribution in [0.15, 0.2) is 24.3 Å². The normalized spacial score (nSPS) is 24.9. The molecule has 1 heterocycles. The minimum absolute atomic E-state index is 0.175. The molecule has 3 nitrogen and oxygen atoms in total. The highest BCUT2D eigenvalue weighted by atomic mass is 35.5. The van der Waals surface area contributed by atoms with E-state index in [1.54, 1.807) is 0 Å². The topological polar surface area (TPSA) is 23.6 Å². The zero-order chi connectivity index (χ0) is 14.7. The second kappa shape index (κ2) is 6.80. The molecule has 114 valence electrons. The van der Waals surface area contributed by atoms with E-state index in [0.29, 0.717) is 5.78 Å². The molecule has 0 spiro atoms. The summed E-state index contributed by atoms with van der Waals surface area (Å²) in [5, 5.41) is 0.786. The highest BCUT2D eigenvalue weighted by Crippen LogP contribution is 2.24. The van der Waals surface area contributed by atoms with E-state index in [9.17, 15) is 4.79 Å². The first-order valence-corrected chi connectivity index (χ1v) is 8.39. The molecule has 0 bridgehead atoms. The number of rotatable bonds is 2. The monoisotopic (exact) mass is 306 g/mol. The number of halogens is 1. The number of hydrogen-bond acceptors (Lipinski definition) is 3. The summed E-state index contributed by atoms with van der Waals surface area (Å²) in [7, 11) is 0. The Hall–Kier alpha value is -1.06. The van der Waals surface area contributed by atoms with E-state index < -0.39 is 0 Å². The molecular formula is C17H23ClN2O. The largest absolute Gasteiger partial charge is 0.369 e. The van der Waals surface area contributed by atoms with Crippen molar-refractivity contribution in [1.29, 1.82) is 0 Å². The van der Waals surface area contributed by atoms with Crippen LogP contribution in [-0.4, -0.2) is 42.9 Å². The second-order valence-electron chi connectivity index (χ2n) is 6.08. The van der Waals surface area contributed by atoms with E-state index in [1.807, 2.05) is 18.2 Å². The maximum absolute atomic E-state index is 12.2. The average molecular weight is 307 g/mol. The standard InChI is InChI=1S/C17H23ClN2O/c18-14-5-4-6-15(13-14)19-9-11-20(12-10-19)16-7-2-1-3-8-17(16)21/h4-6,13,16H,1-3,7-12H2. The van der Waals surface area contributed by atoms with E-state index in [0.717, 1.165) is 50.5 Å². The summed E-state index contributed by atoms with van der Waals surface area (Å²) in [4.78, 5) is 17.0. The number of carbonyl (C=O) groups excluding carboxylic acids is 1. The van der Waals surface area contributed by atoms with Crippen LogP contribution in [0, 0.1) is 0 Å². The van der Waals surface area contributed by atoms with Crippen LogP contribution in [0.5, 0.6) is 0 Å². The van der Waals surface area contributed by atoms with Gasteiger partial charge in [-0.25, -0.2) is 0 Å². The van der Waals surface area contributed by atoms with Crippen LogP contribution >= 0.6 is 11.6 Å². The van der Waals surface area contributed by atoms with Crippen LogP contribution in [0.4, 0.5) is 5.69 Å². The predicted octanol–water partition coefficient (Wildman–Crippen LogP) is 3.36. The van der Waals surface area contributed by atoms with Gasteiger partial charge in [-0.15, -0.1) is 0 Å². The van der Waals surface area contributed by atoms with E-state index >= 15 is 0 Å². The fourth-order valence-electron chi connectivity index (χ4n) is 3.49. The summed E-state index contributed by atoms with van der Waals surface area (Å²) in [5.74, 6) is 0.462. The molecule has 1 unspecified atom stereocenters. The van der Waals surface area contributed by atoms with Gasteiger partial charge in [-0.1, -0.05) is 30.5 Å². The number of hydrogen-bond donors (Lipinski definition) is 0. The molecule has 1 aromatic rings. The fourth-order valence-corrected chi connectivity index (χ4v) is 3.68. The smallest absolute Gasteiger partial charge is 0.149 e. The van der Waals surface area contributed by atoms with E-state index in [4.69, 9.17) is 11.6 Å². The van der Waals surface area contributed by atoms with Gasteiger partial charge in [0.15, 0.2) is 0 Å². The summed E-state index contributed by atoms with van der Waals surface area (Å²) in [6.07, 6.45) is 5.32. The van der Waals surface area contributed by atoms with Gasteiger partial charge >= 0.3 is 0 Å². The molecule has 0 amide bonds.